The van der Waals surface area contributed by atoms with Crippen LogP contribution in [-0.2, 0) is 6.61 Å². The van der Waals surface area contributed by atoms with Crippen LogP contribution in [0.2, 0.25) is 0 Å². The summed E-state index contributed by atoms with van der Waals surface area (Å²) in [6.45, 7) is 1.58. The molecule has 0 unspecified atom stereocenters. The van der Waals surface area contributed by atoms with Crippen molar-refractivity contribution in [2.75, 3.05) is 0 Å². The van der Waals surface area contributed by atoms with Crippen molar-refractivity contribution in [3.05, 3.63) is 45.7 Å². The van der Waals surface area contributed by atoms with Crippen molar-refractivity contribution in [2.45, 2.75) is 13.5 Å². The summed E-state index contributed by atoms with van der Waals surface area (Å²) in [5.41, 5.74) is 1.93. The quantitative estimate of drug-likeness (QED) is 0.910. The molecule has 6 heteroatoms. The normalized spacial score (nSPS) is 10.6. The highest BCUT2D eigenvalue weighted by Crippen LogP contribution is 2.20. The number of aromatic carboxylic acids is 1. The van der Waals surface area contributed by atoms with Crippen LogP contribution in [0.1, 0.15) is 21.6 Å². The average molecular weight is 311 g/mol. The van der Waals surface area contributed by atoms with Crippen LogP contribution in [0.5, 0.6) is 0 Å². The fourth-order valence-electron chi connectivity index (χ4n) is 1.61. The Bertz CT molecular complexity index is 607. The van der Waals surface area contributed by atoms with Gasteiger partial charge in [0.1, 0.15) is 0 Å². The second-order valence-corrected chi connectivity index (χ2v) is 4.70. The lowest BCUT2D eigenvalue weighted by atomic mass is 10.2. The van der Waals surface area contributed by atoms with Crippen molar-refractivity contribution in [1.82, 2.24) is 9.78 Å². The third-order valence-electron chi connectivity index (χ3n) is 2.57. The van der Waals surface area contributed by atoms with Crippen molar-refractivity contribution in [3.8, 4) is 5.69 Å². The van der Waals surface area contributed by atoms with Crippen molar-refractivity contribution >= 4 is 21.9 Å². The minimum atomic E-state index is -1.15. The Hall–Kier alpha value is -1.66. The van der Waals surface area contributed by atoms with Crippen molar-refractivity contribution < 1.29 is 15.0 Å². The second-order valence-electron chi connectivity index (χ2n) is 3.84. The number of hydrogen-bond acceptors (Lipinski definition) is 3. The smallest absolute Gasteiger partial charge is 0.356 e. The second kappa shape index (κ2) is 4.91. The van der Waals surface area contributed by atoms with Gasteiger partial charge in [-0.2, -0.15) is 5.10 Å². The molecule has 2 N–H and O–H groups in total. The molecule has 2 aromatic rings. The van der Waals surface area contributed by atoms with Gasteiger partial charge in [-0.1, -0.05) is 15.9 Å². The predicted molar refractivity (Wildman–Crippen MR) is 68.9 cm³/mol. The van der Waals surface area contributed by atoms with E-state index in [0.29, 0.717) is 5.56 Å². The molecule has 94 valence electrons. The van der Waals surface area contributed by atoms with Gasteiger partial charge in [-0.05, 0) is 30.7 Å². The van der Waals surface area contributed by atoms with Crippen LogP contribution in [0.4, 0.5) is 0 Å². The molecule has 0 spiro atoms. The molecule has 0 amide bonds. The number of halogens is 1. The third kappa shape index (κ3) is 2.30. The van der Waals surface area contributed by atoms with Gasteiger partial charge in [-0.25, -0.2) is 9.48 Å². The first kappa shape index (κ1) is 12.8. The molecule has 0 fully saturated rings. The van der Waals surface area contributed by atoms with Gasteiger partial charge in [0.05, 0.1) is 12.3 Å². The SMILES string of the molecule is Cc1cc(-n2cc(CO)c(C(=O)O)n2)ccc1Br. The van der Waals surface area contributed by atoms with E-state index in [4.69, 9.17) is 10.2 Å². The predicted octanol–water partition coefficient (Wildman–Crippen LogP) is 2.13. The highest BCUT2D eigenvalue weighted by molar-refractivity contribution is 9.10. The summed E-state index contributed by atoms with van der Waals surface area (Å²) < 4.78 is 2.42. The summed E-state index contributed by atoms with van der Waals surface area (Å²) in [7, 11) is 0. The molecule has 0 atom stereocenters. The lowest BCUT2D eigenvalue weighted by molar-refractivity contribution is 0.0686. The molecule has 0 aliphatic heterocycles. The summed E-state index contributed by atoms with van der Waals surface area (Å²) >= 11 is 3.39. The monoisotopic (exact) mass is 310 g/mol. The van der Waals surface area contributed by atoms with Gasteiger partial charge in [0.25, 0.3) is 0 Å². The van der Waals surface area contributed by atoms with Crippen LogP contribution < -0.4 is 0 Å². The highest BCUT2D eigenvalue weighted by atomic mass is 79.9. The van der Waals surface area contributed by atoms with Gasteiger partial charge < -0.3 is 10.2 Å². The van der Waals surface area contributed by atoms with Gasteiger partial charge in [0, 0.05) is 16.2 Å². The first-order chi connectivity index (χ1) is 8.52. The van der Waals surface area contributed by atoms with Crippen molar-refractivity contribution in [2.24, 2.45) is 0 Å². The number of aliphatic hydroxyl groups is 1. The van der Waals surface area contributed by atoms with E-state index in [1.165, 1.54) is 10.9 Å². The van der Waals surface area contributed by atoms with Crippen LogP contribution in [0.25, 0.3) is 5.69 Å². The van der Waals surface area contributed by atoms with Gasteiger partial charge in [0.2, 0.25) is 0 Å². The number of rotatable bonds is 3. The average Bonchev–Trinajstić information content (AvgIpc) is 2.77. The largest absolute Gasteiger partial charge is 0.476 e. The van der Waals surface area contributed by atoms with E-state index in [1.54, 1.807) is 0 Å². The lowest BCUT2D eigenvalue weighted by Crippen LogP contribution is -2.03. The third-order valence-corrected chi connectivity index (χ3v) is 3.46. The molecular weight excluding hydrogens is 300 g/mol. The number of carboxylic acid groups (broad SMARTS) is 1. The van der Waals surface area contributed by atoms with Gasteiger partial charge in [-0.3, -0.25) is 0 Å². The van der Waals surface area contributed by atoms with Gasteiger partial charge in [-0.15, -0.1) is 0 Å². The van der Waals surface area contributed by atoms with Crippen LogP contribution in [0.3, 0.4) is 0 Å². The molecule has 0 aliphatic rings. The summed E-state index contributed by atoms with van der Waals surface area (Å²) in [5, 5.41) is 22.0. The Balaban J connectivity index is 2.50. The molecule has 1 aromatic carbocycles. The summed E-state index contributed by atoms with van der Waals surface area (Å²) in [5.74, 6) is -1.15. The molecule has 5 nitrogen and oxygen atoms in total. The van der Waals surface area contributed by atoms with E-state index in [0.717, 1.165) is 15.7 Å². The van der Waals surface area contributed by atoms with E-state index < -0.39 is 5.97 Å². The fraction of sp³-hybridized carbons (Fsp3) is 0.167. The van der Waals surface area contributed by atoms with Gasteiger partial charge >= 0.3 is 5.97 Å². The maximum absolute atomic E-state index is 11.0. The number of nitrogens with zero attached hydrogens (tertiary/aromatic N) is 2. The molecule has 0 saturated heterocycles. The van der Waals surface area contributed by atoms with E-state index >= 15 is 0 Å². The van der Waals surface area contributed by atoms with Crippen LogP contribution in [-0.4, -0.2) is 26.0 Å². The summed E-state index contributed by atoms with van der Waals surface area (Å²) in [6.07, 6.45) is 1.52. The van der Waals surface area contributed by atoms with Crippen molar-refractivity contribution in [3.63, 3.8) is 0 Å². The Morgan fingerprint density at radius 1 is 1.50 bits per heavy atom. The highest BCUT2D eigenvalue weighted by Gasteiger charge is 2.15. The fourth-order valence-corrected chi connectivity index (χ4v) is 1.86. The number of carboxylic acids is 1. The number of benzene rings is 1. The first-order valence-electron chi connectivity index (χ1n) is 5.22. The number of carbonyl (C=O) groups is 1. The molecule has 18 heavy (non-hydrogen) atoms. The zero-order valence-corrected chi connectivity index (χ0v) is 11.2. The molecule has 0 radical (unpaired) electrons. The van der Waals surface area contributed by atoms with Crippen molar-refractivity contribution in [1.29, 1.82) is 0 Å². The number of aliphatic hydroxyl groups excluding tert-OH is 1. The summed E-state index contributed by atoms with van der Waals surface area (Å²) in [6, 6.07) is 5.56. The topological polar surface area (TPSA) is 75.4 Å². The first-order valence-corrected chi connectivity index (χ1v) is 6.01. The van der Waals surface area contributed by atoms with E-state index in [-0.39, 0.29) is 12.3 Å². The number of hydrogen-bond donors (Lipinski definition) is 2. The Morgan fingerprint density at radius 2 is 2.22 bits per heavy atom. The minimum Gasteiger partial charge on any atom is -0.476 e. The van der Waals surface area contributed by atoms with Gasteiger partial charge in [0.15, 0.2) is 5.69 Å². The zero-order valence-electron chi connectivity index (χ0n) is 9.59. The maximum Gasteiger partial charge on any atom is 0.356 e. The van der Waals surface area contributed by atoms with E-state index in [9.17, 15) is 4.79 Å². The van der Waals surface area contributed by atoms with Crippen LogP contribution >= 0.6 is 15.9 Å². The van der Waals surface area contributed by atoms with Crippen LogP contribution in [0, 0.1) is 6.92 Å². The van der Waals surface area contributed by atoms with Crippen LogP contribution in [0.15, 0.2) is 28.9 Å². The Kier molecular flexibility index (Phi) is 3.49. The van der Waals surface area contributed by atoms with E-state index in [1.807, 2.05) is 25.1 Å². The standard InChI is InChI=1S/C12H11BrN2O3/c1-7-4-9(2-3-10(7)13)15-5-8(6-16)11(14-15)12(17)18/h2-5,16H,6H2,1H3,(H,17,18). The molecular formula is C12H11BrN2O3. The Morgan fingerprint density at radius 3 is 2.72 bits per heavy atom. The molecule has 0 aliphatic carbocycles. The molecule has 1 aromatic heterocycles. The lowest BCUT2D eigenvalue weighted by Gasteiger charge is -2.03. The molecule has 0 bridgehead atoms. The Labute approximate surface area is 112 Å². The number of aromatic nitrogens is 2. The molecule has 2 rings (SSSR count). The summed E-state index contributed by atoms with van der Waals surface area (Å²) in [4.78, 5) is 11.0. The van der Waals surface area contributed by atoms with E-state index in [2.05, 4.69) is 21.0 Å². The zero-order chi connectivity index (χ0) is 13.3. The molecule has 0 saturated carbocycles. The maximum atomic E-state index is 11.0. The molecule has 1 heterocycles. The number of aryl methyl sites for hydroxylation is 1. The minimum absolute atomic E-state index is 0.127.